The van der Waals surface area contributed by atoms with Gasteiger partial charge >= 0.3 is 0 Å². The summed E-state index contributed by atoms with van der Waals surface area (Å²) in [5.41, 5.74) is 2.24. The fourth-order valence-electron chi connectivity index (χ4n) is 1.92. The molecular weight excluding hydrogens is 266 g/mol. The molecular formula is C16H13N3O2. The first-order valence-electron chi connectivity index (χ1n) is 6.50. The van der Waals surface area contributed by atoms with E-state index < -0.39 is 0 Å². The Labute approximate surface area is 121 Å². The average molecular weight is 279 g/mol. The number of hydrogen-bond acceptors (Lipinski definition) is 4. The summed E-state index contributed by atoms with van der Waals surface area (Å²) in [4.78, 5) is 20.1. The molecule has 3 heterocycles. The number of rotatable bonds is 4. The summed E-state index contributed by atoms with van der Waals surface area (Å²) in [6, 6.07) is 10.9. The number of amides is 1. The molecule has 0 saturated heterocycles. The molecule has 3 aromatic rings. The summed E-state index contributed by atoms with van der Waals surface area (Å²) in [5, 5.41) is 2.85. The van der Waals surface area contributed by atoms with Gasteiger partial charge in [0.1, 0.15) is 5.69 Å². The van der Waals surface area contributed by atoms with Crippen molar-refractivity contribution in [3.8, 4) is 11.5 Å². The number of nitrogens with zero attached hydrogens (tertiary/aromatic N) is 2. The maximum atomic E-state index is 11.9. The van der Waals surface area contributed by atoms with E-state index in [4.69, 9.17) is 4.42 Å². The minimum atomic E-state index is -0.153. The smallest absolute Gasteiger partial charge is 0.253 e. The summed E-state index contributed by atoms with van der Waals surface area (Å²) >= 11 is 0. The van der Waals surface area contributed by atoms with E-state index in [1.165, 1.54) is 6.20 Å². The summed E-state index contributed by atoms with van der Waals surface area (Å²) < 4.78 is 5.31. The first kappa shape index (κ1) is 13.1. The lowest BCUT2D eigenvalue weighted by Crippen LogP contribution is -2.22. The summed E-state index contributed by atoms with van der Waals surface area (Å²) in [5.74, 6) is 0.551. The Kier molecular flexibility index (Phi) is 3.73. The Balaban J connectivity index is 1.69. The lowest BCUT2D eigenvalue weighted by atomic mass is 10.2. The van der Waals surface area contributed by atoms with Crippen LogP contribution in [-0.4, -0.2) is 15.9 Å². The zero-order chi connectivity index (χ0) is 14.5. The average Bonchev–Trinajstić information content (AvgIpc) is 3.08. The SMILES string of the molecule is O=C(NCc1ccnc(-c2ccco2)c1)c1cccnc1. The van der Waals surface area contributed by atoms with Gasteiger partial charge in [-0.25, -0.2) is 0 Å². The Bertz CT molecular complexity index is 724. The Morgan fingerprint density at radius 1 is 1.19 bits per heavy atom. The van der Waals surface area contributed by atoms with Crippen LogP contribution in [0.25, 0.3) is 11.5 Å². The molecule has 104 valence electrons. The molecule has 0 fully saturated rings. The summed E-state index contributed by atoms with van der Waals surface area (Å²) in [6.07, 6.45) is 6.47. The van der Waals surface area contributed by atoms with Gasteiger partial charge in [0.05, 0.1) is 11.8 Å². The molecule has 3 rings (SSSR count). The second-order valence-electron chi connectivity index (χ2n) is 4.45. The fraction of sp³-hybridized carbons (Fsp3) is 0.0625. The van der Waals surface area contributed by atoms with Crippen LogP contribution in [0, 0.1) is 0 Å². The molecule has 0 aliphatic carbocycles. The van der Waals surface area contributed by atoms with Crippen molar-refractivity contribution in [1.29, 1.82) is 0 Å². The molecule has 0 aromatic carbocycles. The van der Waals surface area contributed by atoms with Crippen LogP contribution in [0.5, 0.6) is 0 Å². The van der Waals surface area contributed by atoms with Gasteiger partial charge in [-0.2, -0.15) is 0 Å². The minimum absolute atomic E-state index is 0.153. The molecule has 0 aliphatic heterocycles. The highest BCUT2D eigenvalue weighted by atomic mass is 16.3. The maximum Gasteiger partial charge on any atom is 0.253 e. The largest absolute Gasteiger partial charge is 0.463 e. The minimum Gasteiger partial charge on any atom is -0.463 e. The van der Waals surface area contributed by atoms with E-state index >= 15 is 0 Å². The molecule has 0 spiro atoms. The molecule has 0 aliphatic rings. The zero-order valence-electron chi connectivity index (χ0n) is 11.2. The van der Waals surface area contributed by atoms with Gasteiger partial charge in [0, 0.05) is 25.1 Å². The molecule has 1 N–H and O–H groups in total. The summed E-state index contributed by atoms with van der Waals surface area (Å²) in [6.45, 7) is 0.421. The number of carbonyl (C=O) groups is 1. The van der Waals surface area contributed by atoms with Gasteiger partial charge in [0.15, 0.2) is 5.76 Å². The highest BCUT2D eigenvalue weighted by molar-refractivity contribution is 5.93. The molecule has 5 nitrogen and oxygen atoms in total. The van der Waals surface area contributed by atoms with Crippen molar-refractivity contribution in [2.45, 2.75) is 6.54 Å². The number of carbonyl (C=O) groups excluding carboxylic acids is 1. The van der Waals surface area contributed by atoms with Gasteiger partial charge in [0.2, 0.25) is 0 Å². The Morgan fingerprint density at radius 3 is 2.90 bits per heavy atom. The third kappa shape index (κ3) is 3.14. The second kappa shape index (κ2) is 6.00. The van der Waals surface area contributed by atoms with Crippen molar-refractivity contribution in [3.63, 3.8) is 0 Å². The fourth-order valence-corrected chi connectivity index (χ4v) is 1.92. The molecule has 3 aromatic heterocycles. The monoisotopic (exact) mass is 279 g/mol. The van der Waals surface area contributed by atoms with Crippen molar-refractivity contribution >= 4 is 5.91 Å². The highest BCUT2D eigenvalue weighted by Gasteiger charge is 2.06. The standard InChI is InChI=1S/C16H13N3O2/c20-16(13-3-1-6-17-11-13)19-10-12-5-7-18-14(9-12)15-4-2-8-21-15/h1-9,11H,10H2,(H,19,20). The van der Waals surface area contributed by atoms with Crippen molar-refractivity contribution in [1.82, 2.24) is 15.3 Å². The number of hydrogen-bond donors (Lipinski definition) is 1. The summed E-state index contributed by atoms with van der Waals surface area (Å²) in [7, 11) is 0. The van der Waals surface area contributed by atoms with Crippen molar-refractivity contribution < 1.29 is 9.21 Å². The van der Waals surface area contributed by atoms with Crippen LogP contribution < -0.4 is 5.32 Å². The highest BCUT2D eigenvalue weighted by Crippen LogP contribution is 2.17. The first-order valence-corrected chi connectivity index (χ1v) is 6.50. The van der Waals surface area contributed by atoms with Gasteiger partial charge in [-0.15, -0.1) is 0 Å². The molecule has 1 amide bonds. The Morgan fingerprint density at radius 2 is 2.14 bits per heavy atom. The van der Waals surface area contributed by atoms with Crippen LogP contribution in [0.15, 0.2) is 65.7 Å². The topological polar surface area (TPSA) is 68.0 Å². The van der Waals surface area contributed by atoms with E-state index in [0.717, 1.165) is 11.3 Å². The molecule has 21 heavy (non-hydrogen) atoms. The number of nitrogens with one attached hydrogen (secondary N) is 1. The first-order chi connectivity index (χ1) is 10.3. The molecule has 0 radical (unpaired) electrons. The lowest BCUT2D eigenvalue weighted by molar-refractivity contribution is 0.0950. The van der Waals surface area contributed by atoms with E-state index in [1.807, 2.05) is 24.3 Å². The molecule has 5 heteroatoms. The molecule has 0 atom stereocenters. The molecule has 0 saturated carbocycles. The normalized spacial score (nSPS) is 10.3. The van der Waals surface area contributed by atoms with Crippen LogP contribution in [0.3, 0.4) is 0 Å². The lowest BCUT2D eigenvalue weighted by Gasteiger charge is -2.06. The van der Waals surface area contributed by atoms with Crippen LogP contribution in [0.2, 0.25) is 0 Å². The van der Waals surface area contributed by atoms with Crippen molar-refractivity contribution in [3.05, 3.63) is 72.4 Å². The van der Waals surface area contributed by atoms with Crippen molar-refractivity contribution in [2.75, 3.05) is 0 Å². The quantitative estimate of drug-likeness (QED) is 0.797. The Hall–Kier alpha value is -2.95. The van der Waals surface area contributed by atoms with E-state index in [-0.39, 0.29) is 5.91 Å². The van der Waals surface area contributed by atoms with Gasteiger partial charge < -0.3 is 9.73 Å². The zero-order valence-corrected chi connectivity index (χ0v) is 11.2. The van der Waals surface area contributed by atoms with E-state index in [0.29, 0.717) is 17.9 Å². The van der Waals surface area contributed by atoms with Gasteiger partial charge in [-0.3, -0.25) is 14.8 Å². The van der Waals surface area contributed by atoms with Gasteiger partial charge in [-0.05, 0) is 42.0 Å². The maximum absolute atomic E-state index is 11.9. The van der Waals surface area contributed by atoms with E-state index in [2.05, 4.69) is 15.3 Å². The predicted molar refractivity (Wildman–Crippen MR) is 77.3 cm³/mol. The van der Waals surface area contributed by atoms with Crippen LogP contribution in [-0.2, 0) is 6.54 Å². The number of aromatic nitrogens is 2. The van der Waals surface area contributed by atoms with Gasteiger partial charge in [0.25, 0.3) is 5.91 Å². The number of pyridine rings is 2. The van der Waals surface area contributed by atoms with Crippen molar-refractivity contribution in [2.24, 2.45) is 0 Å². The molecule has 0 unspecified atom stereocenters. The second-order valence-corrected chi connectivity index (χ2v) is 4.45. The third-order valence-electron chi connectivity index (χ3n) is 2.97. The third-order valence-corrected chi connectivity index (χ3v) is 2.97. The van der Waals surface area contributed by atoms with E-state index in [1.54, 1.807) is 30.8 Å². The van der Waals surface area contributed by atoms with E-state index in [9.17, 15) is 4.79 Å². The van der Waals surface area contributed by atoms with Gasteiger partial charge in [-0.1, -0.05) is 0 Å². The number of furan rings is 1. The van der Waals surface area contributed by atoms with Crippen LogP contribution in [0.1, 0.15) is 15.9 Å². The van der Waals surface area contributed by atoms with Crippen LogP contribution >= 0.6 is 0 Å². The van der Waals surface area contributed by atoms with Crippen LogP contribution in [0.4, 0.5) is 0 Å². The predicted octanol–water partition coefficient (Wildman–Crippen LogP) is 2.67. The molecule has 0 bridgehead atoms.